The molecule has 1 saturated carbocycles. The van der Waals surface area contributed by atoms with E-state index >= 15 is 0 Å². The van der Waals surface area contributed by atoms with Crippen LogP contribution in [0, 0.1) is 0 Å². The number of phenols is 1. The molecule has 0 spiro atoms. The summed E-state index contributed by atoms with van der Waals surface area (Å²) < 4.78 is 5.37. The van der Waals surface area contributed by atoms with Crippen LogP contribution in [0.25, 0.3) is 0 Å². The molecule has 24 heavy (non-hydrogen) atoms. The maximum atomic E-state index is 12.0. The van der Waals surface area contributed by atoms with Gasteiger partial charge >= 0.3 is 6.03 Å². The molecule has 1 fully saturated rings. The van der Waals surface area contributed by atoms with Crippen LogP contribution in [-0.4, -0.2) is 30.8 Å². The second kappa shape index (κ2) is 7.25. The molecule has 0 bridgehead atoms. The number of amides is 2. The summed E-state index contributed by atoms with van der Waals surface area (Å²) in [4.78, 5) is 12.0. The van der Waals surface area contributed by atoms with Gasteiger partial charge in [0.1, 0.15) is 11.5 Å². The third-order valence-electron chi connectivity index (χ3n) is 4.26. The van der Waals surface area contributed by atoms with E-state index in [-0.39, 0.29) is 17.8 Å². The van der Waals surface area contributed by atoms with Crippen molar-refractivity contribution in [2.75, 3.05) is 13.7 Å². The Kier molecular flexibility index (Phi) is 4.89. The molecule has 3 rings (SSSR count). The van der Waals surface area contributed by atoms with Crippen LogP contribution in [0.4, 0.5) is 4.79 Å². The van der Waals surface area contributed by atoms with Crippen molar-refractivity contribution in [1.82, 2.24) is 10.6 Å². The number of nitrogens with one attached hydrogen (secondary N) is 2. The highest BCUT2D eigenvalue weighted by molar-refractivity contribution is 5.75. The maximum absolute atomic E-state index is 12.0. The van der Waals surface area contributed by atoms with Crippen LogP contribution < -0.4 is 15.4 Å². The molecule has 2 atom stereocenters. The number of ether oxygens (including phenoxy) is 1. The molecule has 0 aliphatic heterocycles. The Morgan fingerprint density at radius 2 is 2.08 bits per heavy atom. The van der Waals surface area contributed by atoms with Crippen molar-refractivity contribution in [3.8, 4) is 11.5 Å². The van der Waals surface area contributed by atoms with E-state index in [2.05, 4.69) is 10.6 Å². The van der Waals surface area contributed by atoms with E-state index in [4.69, 9.17) is 4.74 Å². The van der Waals surface area contributed by atoms with Crippen LogP contribution in [-0.2, 0) is 6.42 Å². The minimum absolute atomic E-state index is 0.155. The Morgan fingerprint density at radius 3 is 2.88 bits per heavy atom. The molecule has 2 amide bonds. The molecule has 2 unspecified atom stereocenters. The molecule has 5 nitrogen and oxygen atoms in total. The van der Waals surface area contributed by atoms with Crippen molar-refractivity contribution in [3.05, 3.63) is 59.7 Å². The topological polar surface area (TPSA) is 70.6 Å². The number of phenolic OH excluding ortho intramolecular Hbond substituents is 1. The third kappa shape index (κ3) is 3.98. The van der Waals surface area contributed by atoms with Crippen molar-refractivity contribution in [2.24, 2.45) is 0 Å². The largest absolute Gasteiger partial charge is 0.508 e. The van der Waals surface area contributed by atoms with Crippen LogP contribution in [0.3, 0.4) is 0 Å². The van der Waals surface area contributed by atoms with Gasteiger partial charge in [0, 0.05) is 18.5 Å². The number of urea groups is 1. The summed E-state index contributed by atoms with van der Waals surface area (Å²) in [5.41, 5.74) is 2.14. The van der Waals surface area contributed by atoms with E-state index in [1.807, 2.05) is 30.3 Å². The smallest absolute Gasteiger partial charge is 0.315 e. The van der Waals surface area contributed by atoms with Crippen LogP contribution >= 0.6 is 0 Å². The molecule has 1 aliphatic carbocycles. The third-order valence-corrected chi connectivity index (χ3v) is 4.26. The van der Waals surface area contributed by atoms with Crippen molar-refractivity contribution in [2.45, 2.75) is 24.8 Å². The highest BCUT2D eigenvalue weighted by atomic mass is 16.5. The molecule has 126 valence electrons. The van der Waals surface area contributed by atoms with Gasteiger partial charge in [-0.2, -0.15) is 0 Å². The summed E-state index contributed by atoms with van der Waals surface area (Å²) in [6.07, 6.45) is 1.61. The molecule has 1 aliphatic rings. The summed E-state index contributed by atoms with van der Waals surface area (Å²) in [7, 11) is 1.66. The molecule has 2 aromatic rings. The van der Waals surface area contributed by atoms with Crippen molar-refractivity contribution in [1.29, 1.82) is 0 Å². The minimum atomic E-state index is -0.155. The SMILES string of the molecule is COc1ccccc1C1CC1NC(=O)NCCc1cccc(O)c1. The summed E-state index contributed by atoms with van der Waals surface area (Å²) in [6.45, 7) is 0.529. The quantitative estimate of drug-likeness (QED) is 0.764. The van der Waals surface area contributed by atoms with Gasteiger partial charge in [0.25, 0.3) is 0 Å². The molecule has 3 N–H and O–H groups in total. The summed E-state index contributed by atoms with van der Waals surface area (Å²) in [6, 6.07) is 15.0. The highest BCUT2D eigenvalue weighted by Crippen LogP contribution is 2.44. The zero-order valence-corrected chi connectivity index (χ0v) is 13.7. The number of hydrogen-bond donors (Lipinski definition) is 3. The van der Waals surface area contributed by atoms with Gasteiger partial charge in [0.2, 0.25) is 0 Å². The van der Waals surface area contributed by atoms with Crippen molar-refractivity contribution in [3.63, 3.8) is 0 Å². The number of benzene rings is 2. The first kappa shape index (κ1) is 16.2. The van der Waals surface area contributed by atoms with Gasteiger partial charge in [-0.3, -0.25) is 0 Å². The predicted molar refractivity (Wildman–Crippen MR) is 92.5 cm³/mol. The Labute approximate surface area is 141 Å². The molecule has 0 aromatic heterocycles. The number of hydrogen-bond acceptors (Lipinski definition) is 3. The van der Waals surface area contributed by atoms with Crippen molar-refractivity contribution < 1.29 is 14.6 Å². The molecular formula is C19H22N2O3. The lowest BCUT2D eigenvalue weighted by Crippen LogP contribution is -2.38. The minimum Gasteiger partial charge on any atom is -0.508 e. The Morgan fingerprint density at radius 1 is 1.25 bits per heavy atom. The predicted octanol–water partition coefficient (Wildman–Crippen LogP) is 2.80. The van der Waals surface area contributed by atoms with E-state index in [1.54, 1.807) is 25.3 Å². The van der Waals surface area contributed by atoms with Crippen LogP contribution in [0.15, 0.2) is 48.5 Å². The molecule has 2 aromatic carbocycles. The first-order valence-corrected chi connectivity index (χ1v) is 8.12. The number of carbonyl (C=O) groups excluding carboxylic acids is 1. The van der Waals surface area contributed by atoms with Crippen molar-refractivity contribution >= 4 is 6.03 Å². The molecule has 0 radical (unpaired) electrons. The van der Waals surface area contributed by atoms with Gasteiger partial charge in [-0.15, -0.1) is 0 Å². The first-order valence-electron chi connectivity index (χ1n) is 8.12. The van der Waals surface area contributed by atoms with Crippen LogP contribution in [0.2, 0.25) is 0 Å². The lowest BCUT2D eigenvalue weighted by Gasteiger charge is -2.09. The number of carbonyl (C=O) groups is 1. The highest BCUT2D eigenvalue weighted by Gasteiger charge is 2.41. The Bertz CT molecular complexity index is 717. The molecule has 0 saturated heterocycles. The van der Waals surface area contributed by atoms with E-state index in [0.29, 0.717) is 18.9 Å². The van der Waals surface area contributed by atoms with Gasteiger partial charge in [-0.1, -0.05) is 30.3 Å². The van der Waals surface area contributed by atoms with Crippen LogP contribution in [0.1, 0.15) is 23.5 Å². The first-order chi connectivity index (χ1) is 11.7. The summed E-state index contributed by atoms with van der Waals surface area (Å²) >= 11 is 0. The van der Waals surface area contributed by atoms with Crippen LogP contribution in [0.5, 0.6) is 11.5 Å². The monoisotopic (exact) mass is 326 g/mol. The molecule has 0 heterocycles. The van der Waals surface area contributed by atoms with Gasteiger partial charge < -0.3 is 20.5 Å². The Hall–Kier alpha value is -2.69. The second-order valence-electron chi connectivity index (χ2n) is 6.01. The number of para-hydroxylation sites is 1. The molecular weight excluding hydrogens is 304 g/mol. The number of rotatable bonds is 6. The lowest BCUT2D eigenvalue weighted by atomic mass is 10.1. The summed E-state index contributed by atoms with van der Waals surface area (Å²) in [5.74, 6) is 1.43. The van der Waals surface area contributed by atoms with Gasteiger partial charge in [0.15, 0.2) is 0 Å². The zero-order chi connectivity index (χ0) is 16.9. The lowest BCUT2D eigenvalue weighted by molar-refractivity contribution is 0.240. The fraction of sp³-hybridized carbons (Fsp3) is 0.316. The average molecular weight is 326 g/mol. The number of methoxy groups -OCH3 is 1. The van der Waals surface area contributed by atoms with Gasteiger partial charge in [0.05, 0.1) is 7.11 Å². The second-order valence-corrected chi connectivity index (χ2v) is 6.01. The van der Waals surface area contributed by atoms with Gasteiger partial charge in [-0.25, -0.2) is 4.79 Å². The average Bonchev–Trinajstić information content (AvgIpc) is 3.33. The van der Waals surface area contributed by atoms with E-state index in [9.17, 15) is 9.90 Å². The zero-order valence-electron chi connectivity index (χ0n) is 13.7. The fourth-order valence-corrected chi connectivity index (χ4v) is 2.92. The van der Waals surface area contributed by atoms with E-state index in [1.165, 1.54) is 0 Å². The van der Waals surface area contributed by atoms with E-state index in [0.717, 1.165) is 23.3 Å². The molecule has 5 heteroatoms. The fourth-order valence-electron chi connectivity index (χ4n) is 2.92. The van der Waals surface area contributed by atoms with E-state index < -0.39 is 0 Å². The number of aromatic hydroxyl groups is 1. The maximum Gasteiger partial charge on any atom is 0.315 e. The normalized spacial score (nSPS) is 18.7. The Balaban J connectivity index is 1.43. The van der Waals surface area contributed by atoms with Gasteiger partial charge in [-0.05, 0) is 42.2 Å². The standard InChI is InChI=1S/C19H22N2O3/c1-24-18-8-3-2-7-15(18)16-12-17(16)21-19(23)20-10-9-13-5-4-6-14(22)11-13/h2-8,11,16-17,22H,9-10,12H2,1H3,(H2,20,21,23). The summed E-state index contributed by atoms with van der Waals surface area (Å²) in [5, 5.41) is 15.3.